The zero-order valence-electron chi connectivity index (χ0n) is 15.8. The van der Waals surface area contributed by atoms with Crippen LogP contribution in [0.2, 0.25) is 0 Å². The number of nitrogens with zero attached hydrogens (tertiary/aromatic N) is 1. The first kappa shape index (κ1) is 21.3. The molecule has 0 aliphatic carbocycles. The summed E-state index contributed by atoms with van der Waals surface area (Å²) >= 11 is 0. The fraction of sp³-hybridized carbons (Fsp3) is 0.579. The number of fused-ring (bicyclic) bond motifs is 1. The first-order chi connectivity index (χ1) is 12.6. The van der Waals surface area contributed by atoms with Gasteiger partial charge in [0.25, 0.3) is 11.8 Å². The average molecular weight is 398 g/mol. The molecule has 8 heteroatoms. The van der Waals surface area contributed by atoms with Crippen LogP contribution in [0.4, 0.5) is 0 Å². The molecule has 2 heterocycles. The smallest absolute Gasteiger partial charge is 0.257 e. The van der Waals surface area contributed by atoms with Crippen molar-refractivity contribution < 1.29 is 19.1 Å². The standard InChI is InChI=1S/C19H27N3O4.ClH/c1-20-18(23)12-26-16-4-3-13(9-17(16)25-2)19(24)22-7-5-14-10-21-11-15(14)6-8-22;/h3-4,9,14-15,21H,5-8,10-12H2,1-2H3,(H,20,23);1H/t14-,15+;. The quantitative estimate of drug-likeness (QED) is 0.783. The van der Waals surface area contributed by atoms with Gasteiger partial charge in [0.1, 0.15) is 0 Å². The van der Waals surface area contributed by atoms with Gasteiger partial charge in [0.2, 0.25) is 0 Å². The van der Waals surface area contributed by atoms with E-state index in [4.69, 9.17) is 9.47 Å². The highest BCUT2D eigenvalue weighted by atomic mass is 35.5. The number of ether oxygens (including phenoxy) is 2. The lowest BCUT2D eigenvalue weighted by molar-refractivity contribution is -0.122. The highest BCUT2D eigenvalue weighted by Gasteiger charge is 2.31. The third kappa shape index (κ3) is 5.05. The summed E-state index contributed by atoms with van der Waals surface area (Å²) in [5.74, 6) is 2.07. The minimum absolute atomic E-state index is 0. The van der Waals surface area contributed by atoms with Crippen molar-refractivity contribution in [3.8, 4) is 11.5 Å². The Morgan fingerprint density at radius 1 is 1.19 bits per heavy atom. The number of hydrogen-bond donors (Lipinski definition) is 2. The SMILES string of the molecule is CNC(=O)COc1ccc(C(=O)N2CC[C@@H]3CNC[C@@H]3CC2)cc1OC.Cl. The van der Waals surface area contributed by atoms with Gasteiger partial charge in [-0.05, 0) is 56.0 Å². The molecule has 2 aliphatic heterocycles. The minimum Gasteiger partial charge on any atom is -0.493 e. The second kappa shape index (κ2) is 9.80. The van der Waals surface area contributed by atoms with Crippen molar-refractivity contribution in [1.82, 2.24) is 15.5 Å². The lowest BCUT2D eigenvalue weighted by Crippen LogP contribution is -2.32. The number of halogens is 1. The summed E-state index contributed by atoms with van der Waals surface area (Å²) in [5.41, 5.74) is 0.583. The third-order valence-corrected chi connectivity index (χ3v) is 5.35. The van der Waals surface area contributed by atoms with Gasteiger partial charge in [-0.2, -0.15) is 0 Å². The van der Waals surface area contributed by atoms with Crippen LogP contribution in [0, 0.1) is 11.8 Å². The predicted molar refractivity (Wildman–Crippen MR) is 105 cm³/mol. The second-order valence-corrected chi connectivity index (χ2v) is 6.88. The molecule has 0 radical (unpaired) electrons. The van der Waals surface area contributed by atoms with Crippen molar-refractivity contribution >= 4 is 24.2 Å². The maximum atomic E-state index is 12.9. The van der Waals surface area contributed by atoms with E-state index >= 15 is 0 Å². The van der Waals surface area contributed by atoms with Gasteiger partial charge in [0.05, 0.1) is 7.11 Å². The van der Waals surface area contributed by atoms with E-state index < -0.39 is 0 Å². The molecule has 0 spiro atoms. The van der Waals surface area contributed by atoms with Gasteiger partial charge in [-0.25, -0.2) is 0 Å². The number of likely N-dealkylation sites (tertiary alicyclic amines) is 1. The summed E-state index contributed by atoms with van der Waals surface area (Å²) in [6.07, 6.45) is 2.10. The Morgan fingerprint density at radius 3 is 2.44 bits per heavy atom. The molecule has 2 N–H and O–H groups in total. The Bertz CT molecular complexity index is 656. The van der Waals surface area contributed by atoms with Crippen molar-refractivity contribution in [3.05, 3.63) is 23.8 Å². The Morgan fingerprint density at radius 2 is 1.85 bits per heavy atom. The summed E-state index contributed by atoms with van der Waals surface area (Å²) in [6, 6.07) is 5.11. The molecule has 0 bridgehead atoms. The molecule has 0 unspecified atom stereocenters. The van der Waals surface area contributed by atoms with Gasteiger partial charge >= 0.3 is 0 Å². The summed E-state index contributed by atoms with van der Waals surface area (Å²) < 4.78 is 10.8. The molecule has 1 aromatic carbocycles. The number of methoxy groups -OCH3 is 1. The molecular formula is C19H28ClN3O4. The van der Waals surface area contributed by atoms with Crippen LogP contribution >= 0.6 is 12.4 Å². The van der Waals surface area contributed by atoms with Crippen LogP contribution in [-0.2, 0) is 4.79 Å². The van der Waals surface area contributed by atoms with Crippen LogP contribution in [0.1, 0.15) is 23.2 Å². The average Bonchev–Trinajstić information content (AvgIpc) is 3.03. The van der Waals surface area contributed by atoms with E-state index in [1.807, 2.05) is 4.90 Å². The molecule has 2 atom stereocenters. The molecule has 0 saturated carbocycles. The largest absolute Gasteiger partial charge is 0.493 e. The van der Waals surface area contributed by atoms with Gasteiger partial charge < -0.3 is 25.0 Å². The number of carbonyl (C=O) groups excluding carboxylic acids is 2. The molecule has 7 nitrogen and oxygen atoms in total. The molecule has 2 aliphatic rings. The number of hydrogen-bond acceptors (Lipinski definition) is 5. The van der Waals surface area contributed by atoms with E-state index in [2.05, 4.69) is 10.6 Å². The molecule has 0 aromatic heterocycles. The van der Waals surface area contributed by atoms with Gasteiger partial charge in [-0.3, -0.25) is 9.59 Å². The van der Waals surface area contributed by atoms with E-state index in [9.17, 15) is 9.59 Å². The molecule has 2 amide bonds. The predicted octanol–water partition coefficient (Wildman–Crippen LogP) is 1.31. The lowest BCUT2D eigenvalue weighted by atomic mass is 9.92. The Labute approximate surface area is 166 Å². The normalized spacial score (nSPS) is 21.5. The highest BCUT2D eigenvalue weighted by molar-refractivity contribution is 5.95. The molecule has 1 aromatic rings. The number of rotatable bonds is 5. The second-order valence-electron chi connectivity index (χ2n) is 6.88. The number of benzene rings is 1. The maximum Gasteiger partial charge on any atom is 0.257 e. The van der Waals surface area contributed by atoms with Crippen molar-refractivity contribution in [3.63, 3.8) is 0 Å². The van der Waals surface area contributed by atoms with Crippen LogP contribution in [0.3, 0.4) is 0 Å². The zero-order valence-corrected chi connectivity index (χ0v) is 16.6. The Kier molecular flexibility index (Phi) is 7.74. The van der Waals surface area contributed by atoms with Crippen LogP contribution in [0.5, 0.6) is 11.5 Å². The van der Waals surface area contributed by atoms with E-state index in [1.54, 1.807) is 25.2 Å². The maximum absolute atomic E-state index is 12.9. The molecule has 2 fully saturated rings. The van der Waals surface area contributed by atoms with Gasteiger partial charge in [0, 0.05) is 25.7 Å². The van der Waals surface area contributed by atoms with Gasteiger partial charge in [-0.15, -0.1) is 12.4 Å². The summed E-state index contributed by atoms with van der Waals surface area (Å²) in [4.78, 5) is 26.2. The van der Waals surface area contributed by atoms with Gasteiger partial charge in [0.15, 0.2) is 18.1 Å². The number of carbonyl (C=O) groups is 2. The van der Waals surface area contributed by atoms with Crippen molar-refractivity contribution in [2.75, 3.05) is 46.9 Å². The van der Waals surface area contributed by atoms with Crippen molar-refractivity contribution in [2.45, 2.75) is 12.8 Å². The topological polar surface area (TPSA) is 79.9 Å². The van der Waals surface area contributed by atoms with E-state index in [1.165, 1.54) is 7.11 Å². The van der Waals surface area contributed by atoms with Crippen LogP contribution < -0.4 is 20.1 Å². The summed E-state index contributed by atoms with van der Waals surface area (Å²) in [7, 11) is 3.08. The number of nitrogens with one attached hydrogen (secondary N) is 2. The molecule has 3 rings (SSSR count). The minimum atomic E-state index is -0.225. The van der Waals surface area contributed by atoms with E-state index in [0.29, 0.717) is 28.9 Å². The highest BCUT2D eigenvalue weighted by Crippen LogP contribution is 2.30. The number of likely N-dealkylation sites (N-methyl/N-ethyl adjacent to an activating group) is 1. The molecule has 2 saturated heterocycles. The summed E-state index contributed by atoms with van der Waals surface area (Å²) in [5, 5.41) is 5.95. The fourth-order valence-electron chi connectivity index (χ4n) is 3.74. The third-order valence-electron chi connectivity index (χ3n) is 5.35. The monoisotopic (exact) mass is 397 g/mol. The summed E-state index contributed by atoms with van der Waals surface area (Å²) in [6.45, 7) is 3.62. The van der Waals surface area contributed by atoms with Crippen LogP contribution in [0.25, 0.3) is 0 Å². The van der Waals surface area contributed by atoms with Gasteiger partial charge in [-0.1, -0.05) is 0 Å². The first-order valence-electron chi connectivity index (χ1n) is 9.13. The number of amides is 2. The van der Waals surface area contributed by atoms with Crippen molar-refractivity contribution in [2.24, 2.45) is 11.8 Å². The van der Waals surface area contributed by atoms with Crippen LogP contribution in [0.15, 0.2) is 18.2 Å². The van der Waals surface area contributed by atoms with Crippen LogP contribution in [-0.4, -0.2) is 63.7 Å². The molecular weight excluding hydrogens is 370 g/mol. The van der Waals surface area contributed by atoms with E-state index in [0.717, 1.165) is 39.0 Å². The lowest BCUT2D eigenvalue weighted by Gasteiger charge is -2.21. The fourth-order valence-corrected chi connectivity index (χ4v) is 3.74. The Hall–Kier alpha value is -1.99. The molecule has 27 heavy (non-hydrogen) atoms. The first-order valence-corrected chi connectivity index (χ1v) is 9.13. The van der Waals surface area contributed by atoms with E-state index in [-0.39, 0.29) is 30.8 Å². The Balaban J connectivity index is 0.00000261. The zero-order chi connectivity index (χ0) is 18.5. The molecule has 150 valence electrons. The van der Waals surface area contributed by atoms with Crippen molar-refractivity contribution in [1.29, 1.82) is 0 Å².